The molecule has 1 fully saturated rings. The topological polar surface area (TPSA) is 46.5 Å². The van der Waals surface area contributed by atoms with Crippen LogP contribution in [0.4, 0.5) is 4.79 Å². The Morgan fingerprint density at radius 1 is 1.40 bits per heavy atom. The van der Waals surface area contributed by atoms with E-state index in [9.17, 15) is 4.79 Å². The molecule has 0 aromatic carbocycles. The largest absolute Gasteiger partial charge is 0.505 e. The summed E-state index contributed by atoms with van der Waals surface area (Å²) in [5, 5.41) is 8.45. The summed E-state index contributed by atoms with van der Waals surface area (Å²) in [5.41, 5.74) is 0.335. The van der Waals surface area contributed by atoms with Crippen molar-refractivity contribution in [2.45, 2.75) is 46.5 Å². The van der Waals surface area contributed by atoms with Crippen molar-refractivity contribution in [3.05, 3.63) is 0 Å². The summed E-state index contributed by atoms with van der Waals surface area (Å²) in [6.45, 7) is 7.16. The smallest absolute Gasteiger partial charge is 0.450 e. The second kappa shape index (κ2) is 4.86. The molecule has 0 radical (unpaired) electrons. The summed E-state index contributed by atoms with van der Waals surface area (Å²) in [7, 11) is 0. The van der Waals surface area contributed by atoms with Crippen molar-refractivity contribution in [3.8, 4) is 0 Å². The van der Waals surface area contributed by atoms with Crippen molar-refractivity contribution in [2.75, 3.05) is 6.61 Å². The summed E-state index contributed by atoms with van der Waals surface area (Å²) in [6, 6.07) is 0. The predicted molar refractivity (Wildman–Crippen MR) is 58.9 cm³/mol. The molecule has 1 aliphatic carbocycles. The van der Waals surface area contributed by atoms with E-state index in [2.05, 4.69) is 25.5 Å². The summed E-state index contributed by atoms with van der Waals surface area (Å²) >= 11 is 0. The summed E-state index contributed by atoms with van der Waals surface area (Å²) < 4.78 is 4.66. The van der Waals surface area contributed by atoms with Crippen molar-refractivity contribution in [2.24, 2.45) is 17.3 Å². The molecule has 3 heteroatoms. The molecule has 2 atom stereocenters. The zero-order chi connectivity index (χ0) is 11.5. The van der Waals surface area contributed by atoms with Gasteiger partial charge in [0, 0.05) is 0 Å². The zero-order valence-corrected chi connectivity index (χ0v) is 9.95. The first kappa shape index (κ1) is 12.3. The van der Waals surface area contributed by atoms with Gasteiger partial charge in [-0.2, -0.15) is 0 Å². The van der Waals surface area contributed by atoms with Gasteiger partial charge in [0.2, 0.25) is 0 Å². The van der Waals surface area contributed by atoms with Gasteiger partial charge in [0.05, 0.1) is 6.61 Å². The van der Waals surface area contributed by atoms with Crippen molar-refractivity contribution < 1.29 is 14.6 Å². The van der Waals surface area contributed by atoms with Gasteiger partial charge in [-0.15, -0.1) is 0 Å². The molecule has 1 aliphatic rings. The summed E-state index contributed by atoms with van der Waals surface area (Å²) in [4.78, 5) is 10.3. The molecule has 0 spiro atoms. The van der Waals surface area contributed by atoms with Crippen LogP contribution in [0, 0.1) is 17.3 Å². The monoisotopic (exact) mass is 214 g/mol. The van der Waals surface area contributed by atoms with Gasteiger partial charge < -0.3 is 9.84 Å². The standard InChI is InChI=1S/C12H22O3/c1-12(2,3)10-6-4-5-9(7-10)8-15-11(13)14/h9-10H,4-8H2,1-3H3,(H,13,14)/t9-,10-/m0/s1. The molecule has 3 nitrogen and oxygen atoms in total. The highest BCUT2D eigenvalue weighted by atomic mass is 16.7. The number of rotatable bonds is 2. The molecule has 0 saturated heterocycles. The van der Waals surface area contributed by atoms with Crippen LogP contribution >= 0.6 is 0 Å². The Bertz CT molecular complexity index is 217. The maximum absolute atomic E-state index is 10.3. The number of carbonyl (C=O) groups is 1. The highest BCUT2D eigenvalue weighted by Gasteiger charge is 2.30. The molecule has 0 unspecified atom stereocenters. The van der Waals surface area contributed by atoms with E-state index in [1.165, 1.54) is 12.8 Å². The fraction of sp³-hybridized carbons (Fsp3) is 0.917. The van der Waals surface area contributed by atoms with Crippen LogP contribution < -0.4 is 0 Å². The normalized spacial score (nSPS) is 27.4. The lowest BCUT2D eigenvalue weighted by Crippen LogP contribution is -2.29. The molecule has 1 rings (SSSR count). The van der Waals surface area contributed by atoms with Gasteiger partial charge in [-0.25, -0.2) is 4.79 Å². The van der Waals surface area contributed by atoms with E-state index in [1.54, 1.807) is 0 Å². The Kier molecular flexibility index (Phi) is 4.00. The van der Waals surface area contributed by atoms with Crippen LogP contribution in [0.15, 0.2) is 0 Å². The van der Waals surface area contributed by atoms with E-state index in [0.717, 1.165) is 12.8 Å². The Balaban J connectivity index is 2.39. The SMILES string of the molecule is CC(C)(C)[C@H]1CCC[C@H](COC(=O)O)C1. The molecule has 1 saturated carbocycles. The minimum absolute atomic E-state index is 0.335. The Morgan fingerprint density at radius 3 is 2.60 bits per heavy atom. The fourth-order valence-corrected chi connectivity index (χ4v) is 2.42. The lowest BCUT2D eigenvalue weighted by atomic mass is 9.69. The van der Waals surface area contributed by atoms with Gasteiger partial charge in [0.25, 0.3) is 0 Å². The van der Waals surface area contributed by atoms with Crippen LogP contribution in [-0.2, 0) is 4.74 Å². The summed E-state index contributed by atoms with van der Waals surface area (Å²) in [5.74, 6) is 1.13. The fourth-order valence-electron chi connectivity index (χ4n) is 2.42. The predicted octanol–water partition coefficient (Wildman–Crippen LogP) is 3.53. The number of hydrogen-bond donors (Lipinski definition) is 1. The van der Waals surface area contributed by atoms with Gasteiger partial charge in [-0.05, 0) is 36.5 Å². The Labute approximate surface area is 91.8 Å². The second-order valence-electron chi connectivity index (χ2n) is 5.67. The molecule has 0 amide bonds. The number of ether oxygens (including phenoxy) is 1. The molecule has 88 valence electrons. The van der Waals surface area contributed by atoms with Crippen molar-refractivity contribution in [1.29, 1.82) is 0 Å². The van der Waals surface area contributed by atoms with Crippen LogP contribution in [0.25, 0.3) is 0 Å². The number of hydrogen-bond acceptors (Lipinski definition) is 2. The average Bonchev–Trinajstić information content (AvgIpc) is 2.14. The molecule has 15 heavy (non-hydrogen) atoms. The van der Waals surface area contributed by atoms with Gasteiger partial charge in [-0.1, -0.05) is 27.2 Å². The molecular formula is C12H22O3. The minimum Gasteiger partial charge on any atom is -0.450 e. The molecule has 0 aromatic heterocycles. The van der Waals surface area contributed by atoms with Gasteiger partial charge in [0.15, 0.2) is 0 Å². The maximum atomic E-state index is 10.3. The van der Waals surface area contributed by atoms with Crippen LogP contribution in [-0.4, -0.2) is 17.9 Å². The van der Waals surface area contributed by atoms with E-state index >= 15 is 0 Å². The third-order valence-electron chi connectivity index (χ3n) is 3.45. The van der Waals surface area contributed by atoms with Crippen LogP contribution in [0.1, 0.15) is 46.5 Å². The van der Waals surface area contributed by atoms with Crippen LogP contribution in [0.5, 0.6) is 0 Å². The zero-order valence-electron chi connectivity index (χ0n) is 9.95. The third-order valence-corrected chi connectivity index (χ3v) is 3.45. The number of carboxylic acid groups (broad SMARTS) is 1. The molecule has 0 aromatic rings. The highest BCUT2D eigenvalue weighted by molar-refractivity contribution is 5.56. The van der Waals surface area contributed by atoms with E-state index in [-0.39, 0.29) is 0 Å². The van der Waals surface area contributed by atoms with Crippen LogP contribution in [0.2, 0.25) is 0 Å². The lowest BCUT2D eigenvalue weighted by Gasteiger charge is -2.37. The third kappa shape index (κ3) is 4.10. The first-order valence-electron chi connectivity index (χ1n) is 5.75. The summed E-state index contributed by atoms with van der Waals surface area (Å²) in [6.07, 6.45) is 3.55. The van der Waals surface area contributed by atoms with Crippen molar-refractivity contribution in [1.82, 2.24) is 0 Å². The second-order valence-corrected chi connectivity index (χ2v) is 5.67. The van der Waals surface area contributed by atoms with E-state index < -0.39 is 6.16 Å². The Hall–Kier alpha value is -0.730. The molecule has 0 heterocycles. The first-order chi connectivity index (χ1) is 6.89. The highest BCUT2D eigenvalue weighted by Crippen LogP contribution is 2.40. The van der Waals surface area contributed by atoms with E-state index in [4.69, 9.17) is 5.11 Å². The lowest BCUT2D eigenvalue weighted by molar-refractivity contribution is 0.0523. The first-order valence-corrected chi connectivity index (χ1v) is 5.75. The van der Waals surface area contributed by atoms with Crippen LogP contribution in [0.3, 0.4) is 0 Å². The quantitative estimate of drug-likeness (QED) is 0.715. The van der Waals surface area contributed by atoms with Gasteiger partial charge >= 0.3 is 6.16 Å². The van der Waals surface area contributed by atoms with Crippen molar-refractivity contribution in [3.63, 3.8) is 0 Å². The van der Waals surface area contributed by atoms with Crippen molar-refractivity contribution >= 4 is 6.16 Å². The van der Waals surface area contributed by atoms with Gasteiger partial charge in [-0.3, -0.25) is 0 Å². The van der Waals surface area contributed by atoms with E-state index in [0.29, 0.717) is 23.9 Å². The molecule has 1 N–H and O–H groups in total. The Morgan fingerprint density at radius 2 is 2.07 bits per heavy atom. The molecule has 0 bridgehead atoms. The maximum Gasteiger partial charge on any atom is 0.505 e. The average molecular weight is 214 g/mol. The molecule has 0 aliphatic heterocycles. The van der Waals surface area contributed by atoms with E-state index in [1.807, 2.05) is 0 Å². The minimum atomic E-state index is -1.15. The van der Waals surface area contributed by atoms with Gasteiger partial charge in [0.1, 0.15) is 0 Å². The molecular weight excluding hydrogens is 192 g/mol.